The zero-order valence-corrected chi connectivity index (χ0v) is 19.3. The lowest BCUT2D eigenvalue weighted by Gasteiger charge is -2.45. The van der Waals surface area contributed by atoms with Crippen molar-refractivity contribution < 1.29 is 19.1 Å². The van der Waals surface area contributed by atoms with Gasteiger partial charge in [-0.1, -0.05) is 60.1 Å². The molecule has 7 heteroatoms. The first kappa shape index (κ1) is 20.9. The van der Waals surface area contributed by atoms with Crippen LogP contribution in [0.1, 0.15) is 39.7 Å². The predicted molar refractivity (Wildman–Crippen MR) is 128 cm³/mol. The molecule has 2 atom stereocenters. The Balaban J connectivity index is 1.41. The van der Waals surface area contributed by atoms with Crippen molar-refractivity contribution in [3.8, 4) is 11.5 Å². The molecule has 3 aliphatic carbocycles. The van der Waals surface area contributed by atoms with E-state index in [-0.39, 0.29) is 23.7 Å². The molecule has 4 aliphatic rings. The number of hydrogen-bond acceptors (Lipinski definition) is 5. The van der Waals surface area contributed by atoms with Crippen molar-refractivity contribution in [2.45, 2.75) is 11.8 Å². The maximum absolute atomic E-state index is 13.6. The molecule has 2 amide bonds. The minimum atomic E-state index is -0.472. The number of carbonyl (C=O) groups excluding carboxylic acids is 2. The van der Waals surface area contributed by atoms with E-state index in [9.17, 15) is 9.59 Å². The molecule has 0 spiro atoms. The third-order valence-corrected chi connectivity index (χ3v) is 7.57. The summed E-state index contributed by atoms with van der Waals surface area (Å²) in [5.41, 5.74) is 5.03. The number of methoxy groups -OCH3 is 2. The Hall–Kier alpha value is -3.64. The van der Waals surface area contributed by atoms with Crippen LogP contribution >= 0.6 is 11.6 Å². The molecule has 3 aromatic carbocycles. The number of halogens is 1. The molecule has 0 radical (unpaired) electrons. The second-order valence-electron chi connectivity index (χ2n) is 8.73. The lowest BCUT2D eigenvalue weighted by Crippen LogP contribution is -2.41. The van der Waals surface area contributed by atoms with Crippen molar-refractivity contribution in [3.05, 3.63) is 93.5 Å². The van der Waals surface area contributed by atoms with Crippen molar-refractivity contribution in [1.82, 2.24) is 5.01 Å². The Morgan fingerprint density at radius 2 is 1.24 bits per heavy atom. The van der Waals surface area contributed by atoms with E-state index in [1.165, 1.54) is 20.4 Å². The topological polar surface area (TPSA) is 68.2 Å². The van der Waals surface area contributed by atoms with Crippen LogP contribution in [0, 0.1) is 11.8 Å². The summed E-state index contributed by atoms with van der Waals surface area (Å²) >= 11 is 6.38. The van der Waals surface area contributed by atoms with Gasteiger partial charge in [0.05, 0.1) is 37.3 Å². The molecular weight excluding hydrogens is 452 g/mol. The maximum atomic E-state index is 13.6. The van der Waals surface area contributed by atoms with Crippen molar-refractivity contribution in [2.24, 2.45) is 16.9 Å². The van der Waals surface area contributed by atoms with Crippen LogP contribution in [-0.4, -0.2) is 37.3 Å². The van der Waals surface area contributed by atoms with Crippen LogP contribution in [0.3, 0.4) is 0 Å². The number of carbonyl (C=O) groups is 2. The highest BCUT2D eigenvalue weighted by atomic mass is 35.5. The number of rotatable bonds is 4. The summed E-state index contributed by atoms with van der Waals surface area (Å²) in [4.78, 5) is 27.2. The van der Waals surface area contributed by atoms with Crippen molar-refractivity contribution in [2.75, 3.05) is 14.2 Å². The van der Waals surface area contributed by atoms with Gasteiger partial charge >= 0.3 is 0 Å². The van der Waals surface area contributed by atoms with E-state index in [0.717, 1.165) is 27.3 Å². The first-order valence-corrected chi connectivity index (χ1v) is 11.4. The van der Waals surface area contributed by atoms with Crippen LogP contribution in [-0.2, 0) is 9.59 Å². The molecule has 0 saturated carbocycles. The molecule has 170 valence electrons. The molecule has 1 aliphatic heterocycles. The van der Waals surface area contributed by atoms with E-state index in [4.69, 9.17) is 21.1 Å². The van der Waals surface area contributed by atoms with Crippen LogP contribution in [0.4, 0.5) is 0 Å². The molecule has 0 unspecified atom stereocenters. The van der Waals surface area contributed by atoms with Crippen molar-refractivity contribution in [1.29, 1.82) is 0 Å². The first-order chi connectivity index (χ1) is 16.5. The molecule has 3 aromatic rings. The number of imide groups is 1. The molecule has 7 rings (SSSR count). The molecular formula is C27H21ClN2O4. The Labute approximate surface area is 201 Å². The number of nitrogens with zero attached hydrogens (tertiary/aromatic N) is 2. The molecule has 34 heavy (non-hydrogen) atoms. The predicted octanol–water partition coefficient (Wildman–Crippen LogP) is 4.58. The summed E-state index contributed by atoms with van der Waals surface area (Å²) in [6.07, 6.45) is 1.43. The Morgan fingerprint density at radius 1 is 0.794 bits per heavy atom. The monoisotopic (exact) mass is 472 g/mol. The van der Waals surface area contributed by atoms with Crippen LogP contribution < -0.4 is 9.47 Å². The van der Waals surface area contributed by atoms with E-state index in [2.05, 4.69) is 29.4 Å². The molecule has 1 fully saturated rings. The Bertz CT molecular complexity index is 1270. The lowest BCUT2D eigenvalue weighted by molar-refractivity contribution is -0.139. The number of amides is 2. The quantitative estimate of drug-likeness (QED) is 0.411. The average Bonchev–Trinajstić information content (AvgIpc) is 3.13. The molecule has 6 nitrogen and oxygen atoms in total. The van der Waals surface area contributed by atoms with Crippen LogP contribution in [0.15, 0.2) is 65.8 Å². The van der Waals surface area contributed by atoms with Gasteiger partial charge in [0.2, 0.25) is 0 Å². The average molecular weight is 473 g/mol. The zero-order chi connectivity index (χ0) is 23.6. The maximum Gasteiger partial charge on any atom is 0.254 e. The smallest absolute Gasteiger partial charge is 0.254 e. The Morgan fingerprint density at radius 3 is 1.68 bits per heavy atom. The van der Waals surface area contributed by atoms with Gasteiger partial charge in [-0.2, -0.15) is 10.1 Å². The summed E-state index contributed by atoms with van der Waals surface area (Å²) in [7, 11) is 3.05. The van der Waals surface area contributed by atoms with Gasteiger partial charge in [-0.05, 0) is 28.3 Å². The van der Waals surface area contributed by atoms with Gasteiger partial charge in [0.25, 0.3) is 11.8 Å². The molecule has 1 saturated heterocycles. The van der Waals surface area contributed by atoms with Gasteiger partial charge in [-0.15, -0.1) is 0 Å². The van der Waals surface area contributed by atoms with E-state index in [1.807, 2.05) is 24.3 Å². The van der Waals surface area contributed by atoms with E-state index >= 15 is 0 Å². The normalized spacial score (nSPS) is 24.3. The van der Waals surface area contributed by atoms with Crippen molar-refractivity contribution >= 4 is 29.6 Å². The highest BCUT2D eigenvalue weighted by Gasteiger charge is 2.61. The van der Waals surface area contributed by atoms with Crippen LogP contribution in [0.5, 0.6) is 11.5 Å². The summed E-state index contributed by atoms with van der Waals surface area (Å²) in [6, 6.07) is 19.6. The second-order valence-corrected chi connectivity index (χ2v) is 9.13. The van der Waals surface area contributed by atoms with Crippen molar-refractivity contribution in [3.63, 3.8) is 0 Å². The summed E-state index contributed by atoms with van der Waals surface area (Å²) in [5, 5.41) is 5.72. The SMILES string of the molecule is COc1cc(Cl)c(/C=N\N2C(=O)[C@@H]3C4c5ccccc5C(c5ccccc54)[C@@H]3C2=O)cc1OC. The summed E-state index contributed by atoms with van der Waals surface area (Å²) in [5.74, 6) is -0.863. The van der Waals surface area contributed by atoms with E-state index in [1.54, 1.807) is 12.1 Å². The van der Waals surface area contributed by atoms with Gasteiger partial charge in [0.15, 0.2) is 11.5 Å². The summed E-state index contributed by atoms with van der Waals surface area (Å²) < 4.78 is 10.6. The molecule has 2 bridgehead atoms. The van der Waals surface area contributed by atoms with E-state index < -0.39 is 11.8 Å². The van der Waals surface area contributed by atoms with Crippen LogP contribution in [0.2, 0.25) is 5.02 Å². The molecule has 0 N–H and O–H groups in total. The molecule has 0 aromatic heterocycles. The third-order valence-electron chi connectivity index (χ3n) is 7.24. The highest BCUT2D eigenvalue weighted by Crippen LogP contribution is 2.60. The molecule has 1 heterocycles. The van der Waals surface area contributed by atoms with Gasteiger partial charge in [0.1, 0.15) is 0 Å². The van der Waals surface area contributed by atoms with Gasteiger partial charge in [-0.3, -0.25) is 9.59 Å². The largest absolute Gasteiger partial charge is 0.493 e. The first-order valence-electron chi connectivity index (χ1n) is 11.1. The number of hydrazone groups is 1. The number of ether oxygens (including phenoxy) is 2. The second kappa shape index (κ2) is 7.71. The standard InChI is InChI=1S/C27H21ClN2O4/c1-33-20-11-14(19(28)12-21(20)34-2)13-29-30-26(31)24-22-15-7-3-4-8-16(15)23(25(24)27(30)32)18-10-6-5-9-17(18)22/h3-13,22-25H,1-2H3/b29-13-/t22?,23?,24-,25+. The minimum Gasteiger partial charge on any atom is -0.493 e. The third kappa shape index (κ3) is 2.78. The Kier molecular flexibility index (Phi) is 4.74. The highest BCUT2D eigenvalue weighted by molar-refractivity contribution is 6.33. The fraction of sp³-hybridized carbons (Fsp3) is 0.222. The number of benzene rings is 3. The number of hydrogen-bond donors (Lipinski definition) is 0. The van der Waals surface area contributed by atoms with Gasteiger partial charge < -0.3 is 9.47 Å². The van der Waals surface area contributed by atoms with Gasteiger partial charge in [-0.25, -0.2) is 0 Å². The van der Waals surface area contributed by atoms with Gasteiger partial charge in [0, 0.05) is 23.5 Å². The van der Waals surface area contributed by atoms with E-state index in [0.29, 0.717) is 22.1 Å². The zero-order valence-electron chi connectivity index (χ0n) is 18.6. The minimum absolute atomic E-state index is 0.163. The fourth-order valence-corrected chi connectivity index (χ4v) is 6.07. The lowest BCUT2D eigenvalue weighted by atomic mass is 9.55. The fourth-order valence-electron chi connectivity index (χ4n) is 5.86. The summed E-state index contributed by atoms with van der Waals surface area (Å²) in [6.45, 7) is 0. The van der Waals surface area contributed by atoms with Crippen LogP contribution in [0.25, 0.3) is 0 Å².